The van der Waals surface area contributed by atoms with Crippen molar-refractivity contribution in [2.75, 3.05) is 5.32 Å². The van der Waals surface area contributed by atoms with Crippen molar-refractivity contribution in [1.82, 2.24) is 10.3 Å². The molecule has 0 unspecified atom stereocenters. The number of carbonyl (C=O) groups is 2. The van der Waals surface area contributed by atoms with Crippen LogP contribution < -0.4 is 10.6 Å². The third kappa shape index (κ3) is 3.21. The maximum absolute atomic E-state index is 12.3. The Morgan fingerprint density at radius 2 is 2.10 bits per heavy atom. The van der Waals surface area contributed by atoms with Crippen molar-refractivity contribution in [3.63, 3.8) is 0 Å². The van der Waals surface area contributed by atoms with Crippen molar-refractivity contribution < 1.29 is 9.59 Å². The summed E-state index contributed by atoms with van der Waals surface area (Å²) in [5.41, 5.74) is 0.903. The number of nitrogens with one attached hydrogen (secondary N) is 2. The van der Waals surface area contributed by atoms with Gasteiger partial charge in [0.05, 0.1) is 10.2 Å². The Kier molecular flexibility index (Phi) is 3.88. The maximum atomic E-state index is 12.3. The zero-order chi connectivity index (χ0) is 14.8. The number of rotatable bonds is 3. The van der Waals surface area contributed by atoms with E-state index in [9.17, 15) is 9.59 Å². The van der Waals surface area contributed by atoms with Crippen molar-refractivity contribution in [2.24, 2.45) is 5.92 Å². The third-order valence-electron chi connectivity index (χ3n) is 3.73. The molecule has 0 aliphatic heterocycles. The van der Waals surface area contributed by atoms with Crippen LogP contribution in [0, 0.1) is 5.92 Å². The highest BCUT2D eigenvalue weighted by molar-refractivity contribution is 7.22. The molecule has 0 saturated heterocycles. The predicted molar refractivity (Wildman–Crippen MR) is 83.2 cm³/mol. The Labute approximate surface area is 126 Å². The number of nitrogens with zero attached hydrogens (tertiary/aromatic N) is 1. The lowest BCUT2D eigenvalue weighted by Crippen LogP contribution is -2.31. The molecule has 1 fully saturated rings. The van der Waals surface area contributed by atoms with Crippen LogP contribution in [0.1, 0.15) is 26.2 Å². The molecule has 5 nitrogen and oxygen atoms in total. The molecule has 2 atom stereocenters. The smallest absolute Gasteiger partial charge is 0.229 e. The first-order valence-corrected chi connectivity index (χ1v) is 7.87. The molecule has 1 aromatic carbocycles. The van der Waals surface area contributed by atoms with Gasteiger partial charge in [-0.15, -0.1) is 0 Å². The van der Waals surface area contributed by atoms with Gasteiger partial charge >= 0.3 is 0 Å². The fraction of sp³-hybridized carbons (Fsp3) is 0.400. The summed E-state index contributed by atoms with van der Waals surface area (Å²) in [6, 6.07) is 7.94. The van der Waals surface area contributed by atoms with Crippen LogP contribution in [0.25, 0.3) is 10.2 Å². The Balaban J connectivity index is 1.62. The van der Waals surface area contributed by atoms with Crippen molar-refractivity contribution in [1.29, 1.82) is 0 Å². The molecule has 1 saturated carbocycles. The molecule has 6 heteroatoms. The van der Waals surface area contributed by atoms with E-state index in [1.807, 2.05) is 24.3 Å². The number of carbonyl (C=O) groups excluding carboxylic acids is 2. The zero-order valence-electron chi connectivity index (χ0n) is 11.8. The summed E-state index contributed by atoms with van der Waals surface area (Å²) in [7, 11) is 0. The fourth-order valence-electron chi connectivity index (χ4n) is 2.77. The molecule has 0 bridgehead atoms. The molecule has 2 N–H and O–H groups in total. The summed E-state index contributed by atoms with van der Waals surface area (Å²) in [5.74, 6) is -0.0806. The summed E-state index contributed by atoms with van der Waals surface area (Å²) in [6.45, 7) is 1.51. The molecule has 1 heterocycles. The van der Waals surface area contributed by atoms with Gasteiger partial charge in [0.2, 0.25) is 11.8 Å². The van der Waals surface area contributed by atoms with Crippen LogP contribution in [0.15, 0.2) is 24.3 Å². The zero-order valence-corrected chi connectivity index (χ0v) is 12.6. The Hall–Kier alpha value is -1.95. The van der Waals surface area contributed by atoms with Gasteiger partial charge in [-0.1, -0.05) is 23.5 Å². The molecular weight excluding hydrogens is 286 g/mol. The van der Waals surface area contributed by atoms with Crippen molar-refractivity contribution >= 4 is 38.5 Å². The number of fused-ring (bicyclic) bond motifs is 1. The lowest BCUT2D eigenvalue weighted by molar-refractivity contribution is -0.121. The molecule has 0 radical (unpaired) electrons. The Morgan fingerprint density at radius 3 is 2.86 bits per heavy atom. The molecule has 3 rings (SSSR count). The number of hydrogen-bond acceptors (Lipinski definition) is 4. The topological polar surface area (TPSA) is 71.1 Å². The van der Waals surface area contributed by atoms with E-state index in [-0.39, 0.29) is 23.8 Å². The predicted octanol–water partition coefficient (Wildman–Crippen LogP) is 2.54. The highest BCUT2D eigenvalue weighted by atomic mass is 32.1. The van der Waals surface area contributed by atoms with Gasteiger partial charge in [-0.05, 0) is 31.4 Å². The van der Waals surface area contributed by atoms with Gasteiger partial charge in [0.25, 0.3) is 0 Å². The molecule has 2 aromatic rings. The van der Waals surface area contributed by atoms with Crippen molar-refractivity contribution in [3.05, 3.63) is 24.3 Å². The van der Waals surface area contributed by atoms with Gasteiger partial charge in [0, 0.05) is 18.9 Å². The van der Waals surface area contributed by atoms with E-state index in [0.29, 0.717) is 11.6 Å². The van der Waals surface area contributed by atoms with Crippen LogP contribution in [0.2, 0.25) is 0 Å². The summed E-state index contributed by atoms with van der Waals surface area (Å²) in [5, 5.41) is 6.43. The second-order valence-electron chi connectivity index (χ2n) is 5.38. The second-order valence-corrected chi connectivity index (χ2v) is 6.41. The van der Waals surface area contributed by atoms with Gasteiger partial charge in [-0.3, -0.25) is 9.59 Å². The molecule has 0 spiro atoms. The normalized spacial score (nSPS) is 21.4. The maximum Gasteiger partial charge on any atom is 0.229 e. The first kappa shape index (κ1) is 14.0. The lowest BCUT2D eigenvalue weighted by Gasteiger charge is -2.11. The Bertz CT molecular complexity index is 649. The highest BCUT2D eigenvalue weighted by Crippen LogP contribution is 2.29. The number of para-hydroxylation sites is 1. The van der Waals surface area contributed by atoms with E-state index < -0.39 is 0 Å². The van der Waals surface area contributed by atoms with Crippen molar-refractivity contribution in [2.45, 2.75) is 32.2 Å². The highest BCUT2D eigenvalue weighted by Gasteiger charge is 2.30. The first-order chi connectivity index (χ1) is 10.1. The van der Waals surface area contributed by atoms with Crippen LogP contribution >= 0.6 is 11.3 Å². The minimum Gasteiger partial charge on any atom is -0.354 e. The van der Waals surface area contributed by atoms with Gasteiger partial charge in [0.15, 0.2) is 5.13 Å². The van der Waals surface area contributed by atoms with Gasteiger partial charge in [-0.25, -0.2) is 4.98 Å². The van der Waals surface area contributed by atoms with E-state index >= 15 is 0 Å². The Morgan fingerprint density at radius 1 is 1.29 bits per heavy atom. The number of anilines is 1. The third-order valence-corrected chi connectivity index (χ3v) is 4.69. The number of benzene rings is 1. The van der Waals surface area contributed by atoms with E-state index in [1.54, 1.807) is 0 Å². The molecular formula is C15H17N3O2S. The molecule has 21 heavy (non-hydrogen) atoms. The summed E-state index contributed by atoms with van der Waals surface area (Å²) >= 11 is 1.48. The quantitative estimate of drug-likeness (QED) is 0.915. The molecule has 1 aliphatic rings. The minimum absolute atomic E-state index is 0.00177. The van der Waals surface area contributed by atoms with E-state index in [4.69, 9.17) is 0 Å². The molecule has 1 aliphatic carbocycles. The average molecular weight is 303 g/mol. The average Bonchev–Trinajstić information content (AvgIpc) is 3.03. The van der Waals surface area contributed by atoms with Gasteiger partial charge in [0.1, 0.15) is 0 Å². The van der Waals surface area contributed by atoms with Crippen LogP contribution in [-0.2, 0) is 9.59 Å². The van der Waals surface area contributed by atoms with Crippen LogP contribution in [0.4, 0.5) is 5.13 Å². The largest absolute Gasteiger partial charge is 0.354 e. The molecule has 1 aromatic heterocycles. The molecule has 110 valence electrons. The lowest BCUT2D eigenvalue weighted by atomic mass is 10.1. The van der Waals surface area contributed by atoms with Gasteiger partial charge in [-0.2, -0.15) is 0 Å². The van der Waals surface area contributed by atoms with Crippen LogP contribution in [0.5, 0.6) is 0 Å². The molecule has 2 amide bonds. The second kappa shape index (κ2) is 5.81. The number of aromatic nitrogens is 1. The van der Waals surface area contributed by atoms with Crippen LogP contribution in [0.3, 0.4) is 0 Å². The number of thiazole rings is 1. The van der Waals surface area contributed by atoms with E-state index in [0.717, 1.165) is 23.1 Å². The fourth-order valence-corrected chi connectivity index (χ4v) is 3.64. The summed E-state index contributed by atoms with van der Waals surface area (Å²) in [4.78, 5) is 27.7. The SMILES string of the molecule is CC(=O)N[C@H]1CC[C@@H](C(=O)Nc2nc3ccccc3s2)C1. The van der Waals surface area contributed by atoms with Gasteiger partial charge < -0.3 is 10.6 Å². The van der Waals surface area contributed by atoms with Crippen molar-refractivity contribution in [3.8, 4) is 0 Å². The minimum atomic E-state index is -0.0473. The number of hydrogen-bond donors (Lipinski definition) is 2. The van der Waals surface area contributed by atoms with Crippen LogP contribution in [-0.4, -0.2) is 22.8 Å². The summed E-state index contributed by atoms with van der Waals surface area (Å²) in [6.07, 6.45) is 2.37. The van der Waals surface area contributed by atoms with E-state index in [2.05, 4.69) is 15.6 Å². The van der Waals surface area contributed by atoms with E-state index in [1.165, 1.54) is 18.3 Å². The first-order valence-electron chi connectivity index (χ1n) is 7.05. The summed E-state index contributed by atoms with van der Waals surface area (Å²) < 4.78 is 1.07. The standard InChI is InChI=1S/C15H17N3O2S/c1-9(19)16-11-7-6-10(8-11)14(20)18-15-17-12-4-2-3-5-13(12)21-15/h2-5,10-11H,6-8H2,1H3,(H,16,19)(H,17,18,20)/t10-,11+/m1/s1. The number of amides is 2. The monoisotopic (exact) mass is 303 g/mol.